The lowest BCUT2D eigenvalue weighted by molar-refractivity contribution is 0.100. The van der Waals surface area contributed by atoms with Crippen LogP contribution in [0.15, 0.2) is 73.2 Å². The molecule has 2 aromatic carbocycles. The first kappa shape index (κ1) is 26.9. The zero-order chi connectivity index (χ0) is 28.7. The summed E-state index contributed by atoms with van der Waals surface area (Å²) in [5, 5.41) is 5.63. The van der Waals surface area contributed by atoms with E-state index in [1.807, 2.05) is 53.4 Å². The summed E-state index contributed by atoms with van der Waals surface area (Å²) in [6.07, 6.45) is 9.92. The molecule has 9 nitrogen and oxygen atoms in total. The maximum atomic E-state index is 12.3. The van der Waals surface area contributed by atoms with E-state index in [1.54, 1.807) is 6.07 Å². The summed E-state index contributed by atoms with van der Waals surface area (Å²) in [4.78, 5) is 21.7. The van der Waals surface area contributed by atoms with E-state index in [0.717, 1.165) is 57.2 Å². The number of sulfonamides is 1. The number of carbonyl (C=O) groups is 1. The second kappa shape index (κ2) is 10.6. The highest BCUT2D eigenvalue weighted by Crippen LogP contribution is 2.34. The molecule has 0 spiro atoms. The Kier molecular flexibility index (Phi) is 6.96. The number of pyridine rings is 2. The van der Waals surface area contributed by atoms with Crippen molar-refractivity contribution in [3.8, 4) is 16.8 Å². The molecule has 3 aromatic heterocycles. The molecule has 4 N–H and O–H groups in total. The second-order valence-electron chi connectivity index (χ2n) is 10.8. The van der Waals surface area contributed by atoms with E-state index >= 15 is 0 Å². The van der Waals surface area contributed by atoms with Crippen LogP contribution in [-0.4, -0.2) is 47.2 Å². The normalized spacial score (nSPS) is 17.6. The lowest BCUT2D eigenvalue weighted by atomic mass is 9.91. The smallest absolute Gasteiger partial charge is 0.250 e. The molecule has 0 saturated heterocycles. The van der Waals surface area contributed by atoms with Gasteiger partial charge in [0.25, 0.3) is 5.91 Å². The van der Waals surface area contributed by atoms with E-state index in [2.05, 4.69) is 40.3 Å². The van der Waals surface area contributed by atoms with Gasteiger partial charge in [0.1, 0.15) is 5.65 Å². The molecule has 41 heavy (non-hydrogen) atoms. The molecule has 1 aliphatic rings. The van der Waals surface area contributed by atoms with Crippen molar-refractivity contribution in [2.45, 2.75) is 44.7 Å². The Morgan fingerprint density at radius 1 is 1.00 bits per heavy atom. The third-order valence-electron chi connectivity index (χ3n) is 7.79. The lowest BCUT2D eigenvalue weighted by Gasteiger charge is -2.30. The first-order chi connectivity index (χ1) is 19.7. The monoisotopic (exact) mass is 568 g/mol. The number of aryl methyl sites for hydroxylation is 1. The van der Waals surface area contributed by atoms with Crippen LogP contribution in [0.5, 0.6) is 0 Å². The van der Waals surface area contributed by atoms with Gasteiger partial charge in [-0.3, -0.25) is 9.78 Å². The van der Waals surface area contributed by atoms with Gasteiger partial charge in [-0.2, -0.15) is 0 Å². The molecule has 1 aliphatic carbocycles. The van der Waals surface area contributed by atoms with Crippen molar-refractivity contribution in [1.82, 2.24) is 19.3 Å². The van der Waals surface area contributed by atoms with Crippen molar-refractivity contribution in [2.24, 2.45) is 5.73 Å². The predicted octanol–water partition coefficient (Wildman–Crippen LogP) is 4.92. The van der Waals surface area contributed by atoms with Crippen LogP contribution in [0.4, 0.5) is 5.69 Å². The number of nitrogens with zero attached hydrogens (tertiary/aromatic N) is 3. The van der Waals surface area contributed by atoms with Gasteiger partial charge < -0.3 is 15.6 Å². The minimum absolute atomic E-state index is 0.0720. The van der Waals surface area contributed by atoms with Gasteiger partial charge in [0, 0.05) is 58.4 Å². The maximum Gasteiger partial charge on any atom is 0.250 e. The minimum Gasteiger partial charge on any atom is -0.382 e. The fraction of sp³-hybridized carbons (Fsp3) is 0.258. The van der Waals surface area contributed by atoms with Gasteiger partial charge in [-0.1, -0.05) is 18.2 Å². The number of anilines is 1. The van der Waals surface area contributed by atoms with Crippen molar-refractivity contribution >= 4 is 43.6 Å². The van der Waals surface area contributed by atoms with E-state index in [4.69, 9.17) is 10.7 Å². The van der Waals surface area contributed by atoms with Crippen LogP contribution >= 0.6 is 0 Å². The minimum atomic E-state index is -3.24. The molecule has 5 aromatic rings. The van der Waals surface area contributed by atoms with Gasteiger partial charge in [-0.05, 0) is 80.1 Å². The van der Waals surface area contributed by atoms with Crippen molar-refractivity contribution in [2.75, 3.05) is 11.6 Å². The molecule has 0 atom stereocenters. The molecule has 10 heteroatoms. The van der Waals surface area contributed by atoms with E-state index in [-0.39, 0.29) is 12.1 Å². The molecular formula is C31H32N6O3S. The van der Waals surface area contributed by atoms with Crippen LogP contribution < -0.4 is 15.8 Å². The van der Waals surface area contributed by atoms with E-state index < -0.39 is 15.9 Å². The molecule has 1 saturated carbocycles. The molecule has 0 bridgehead atoms. The zero-order valence-electron chi connectivity index (χ0n) is 23.0. The molecule has 210 valence electrons. The molecule has 0 unspecified atom stereocenters. The summed E-state index contributed by atoms with van der Waals surface area (Å²) in [7, 11) is -3.24. The van der Waals surface area contributed by atoms with Gasteiger partial charge in [0.15, 0.2) is 0 Å². The van der Waals surface area contributed by atoms with E-state index in [0.29, 0.717) is 24.1 Å². The number of nitrogens with one attached hydrogen (secondary N) is 2. The Balaban J connectivity index is 1.34. The molecule has 1 amide bonds. The Morgan fingerprint density at radius 2 is 1.76 bits per heavy atom. The highest BCUT2D eigenvalue weighted by Gasteiger charge is 2.24. The molecule has 0 radical (unpaired) electrons. The predicted molar refractivity (Wildman–Crippen MR) is 163 cm³/mol. The highest BCUT2D eigenvalue weighted by molar-refractivity contribution is 7.88. The Labute approximate surface area is 238 Å². The number of hydrogen-bond acceptors (Lipinski definition) is 6. The largest absolute Gasteiger partial charge is 0.382 e. The number of rotatable bonds is 7. The van der Waals surface area contributed by atoms with Gasteiger partial charge in [0.2, 0.25) is 10.0 Å². The third kappa shape index (κ3) is 5.53. The Morgan fingerprint density at radius 3 is 2.51 bits per heavy atom. The number of para-hydroxylation sites is 1. The molecular weight excluding hydrogens is 536 g/mol. The summed E-state index contributed by atoms with van der Waals surface area (Å²) >= 11 is 0. The molecule has 3 heterocycles. The van der Waals surface area contributed by atoms with Crippen LogP contribution in [0.25, 0.3) is 38.8 Å². The molecule has 6 rings (SSSR count). The molecule has 1 fully saturated rings. The maximum absolute atomic E-state index is 12.3. The average molecular weight is 569 g/mol. The van der Waals surface area contributed by atoms with Crippen LogP contribution in [0, 0.1) is 6.92 Å². The summed E-state index contributed by atoms with van der Waals surface area (Å²) in [6, 6.07) is 17.8. The highest BCUT2D eigenvalue weighted by atomic mass is 32.2. The first-order valence-electron chi connectivity index (χ1n) is 13.7. The van der Waals surface area contributed by atoms with Crippen LogP contribution in [0.2, 0.25) is 0 Å². The number of carbonyl (C=O) groups excluding carboxylic acids is 1. The van der Waals surface area contributed by atoms with Crippen LogP contribution in [-0.2, 0) is 10.0 Å². The quantitative estimate of drug-likeness (QED) is 0.255. The number of hydrogen-bond donors (Lipinski definition) is 3. The third-order valence-corrected chi connectivity index (χ3v) is 8.55. The van der Waals surface area contributed by atoms with Crippen LogP contribution in [0.3, 0.4) is 0 Å². The van der Waals surface area contributed by atoms with Crippen molar-refractivity contribution in [1.29, 1.82) is 0 Å². The van der Waals surface area contributed by atoms with Gasteiger partial charge in [0.05, 0.1) is 17.3 Å². The Hall–Kier alpha value is -4.28. The summed E-state index contributed by atoms with van der Waals surface area (Å²) in [5.41, 5.74) is 12.6. The van der Waals surface area contributed by atoms with E-state index in [1.165, 1.54) is 6.26 Å². The van der Waals surface area contributed by atoms with Gasteiger partial charge in [-0.25, -0.2) is 18.1 Å². The number of nitrogens with two attached hydrogens (primary N) is 1. The number of fused-ring (bicyclic) bond motifs is 2. The summed E-state index contributed by atoms with van der Waals surface area (Å²) in [6.45, 7) is 2.07. The number of aromatic nitrogens is 3. The van der Waals surface area contributed by atoms with E-state index in [9.17, 15) is 13.2 Å². The lowest BCUT2D eigenvalue weighted by Crippen LogP contribution is -2.39. The van der Waals surface area contributed by atoms with Crippen molar-refractivity contribution in [3.63, 3.8) is 0 Å². The van der Waals surface area contributed by atoms with Crippen molar-refractivity contribution < 1.29 is 13.2 Å². The first-order valence-corrected chi connectivity index (χ1v) is 15.6. The van der Waals surface area contributed by atoms with Gasteiger partial charge in [-0.15, -0.1) is 0 Å². The van der Waals surface area contributed by atoms with Crippen LogP contribution in [0.1, 0.15) is 41.6 Å². The SMILES string of the molecule is Cc1cn(-c2ccc(C(N)=O)c(N[C@H]3CC[C@H](NS(C)(=O)=O)CC3)c2)c2nccc(-c3cnc4ccccc4c3)c12. The number of primary amides is 1. The van der Waals surface area contributed by atoms with Gasteiger partial charge >= 0.3 is 0 Å². The second-order valence-corrected chi connectivity index (χ2v) is 12.6. The fourth-order valence-corrected chi connectivity index (χ4v) is 6.73. The topological polar surface area (TPSA) is 132 Å². The number of benzene rings is 2. The fourth-order valence-electron chi connectivity index (χ4n) is 5.89. The summed E-state index contributed by atoms with van der Waals surface area (Å²) < 4.78 is 28.0. The standard InChI is InChI=1S/C31H32N6O3S/c1-19-18-37(31-29(19)25(13-14-33-31)21-15-20-5-3-4-6-27(20)34-17-21)24-11-12-26(30(32)38)28(16-24)35-22-7-9-23(10-8-22)36-41(2,39)40/h3-6,11-18,22-23,35-36H,7-10H2,1-2H3,(H2,32,38)/t22-,23-. The Bertz CT molecular complexity index is 1890. The van der Waals surface area contributed by atoms with Crippen molar-refractivity contribution in [3.05, 3.63) is 84.3 Å². The average Bonchev–Trinajstić information content (AvgIpc) is 3.29. The number of amides is 1. The molecule has 0 aliphatic heterocycles. The summed E-state index contributed by atoms with van der Waals surface area (Å²) in [5.74, 6) is -0.510. The zero-order valence-corrected chi connectivity index (χ0v) is 23.8.